The molecule has 114 heavy (non-hydrogen) atoms. The Kier molecular flexibility index (Phi) is 39.3. The van der Waals surface area contributed by atoms with Crippen molar-refractivity contribution in [3.63, 3.8) is 0 Å². The van der Waals surface area contributed by atoms with Crippen LogP contribution in [0.5, 0.6) is 0 Å². The van der Waals surface area contributed by atoms with Crippen LogP contribution in [0.4, 0.5) is 10.8 Å². The van der Waals surface area contributed by atoms with Gasteiger partial charge in [-0.3, -0.25) is 23.7 Å². The van der Waals surface area contributed by atoms with Crippen molar-refractivity contribution in [1.29, 1.82) is 0 Å². The highest BCUT2D eigenvalue weighted by Crippen LogP contribution is 2.61. The van der Waals surface area contributed by atoms with Gasteiger partial charge in [0.2, 0.25) is 6.41 Å². The lowest BCUT2D eigenvalue weighted by molar-refractivity contribution is -0.140. The summed E-state index contributed by atoms with van der Waals surface area (Å²) in [6, 6.07) is 27.0. The Balaban J connectivity index is 0.000000181. The van der Waals surface area contributed by atoms with Gasteiger partial charge in [0.05, 0.1) is 53.0 Å². The number of benzene rings is 3. The number of rotatable bonds is 8. The van der Waals surface area contributed by atoms with E-state index in [-0.39, 0.29) is 42.4 Å². The average molecular weight is 1770 g/mol. The molecule has 35 heteroatoms. The minimum atomic E-state index is -3.22. The number of ether oxygens (including phenoxy) is 2. The molecular weight excluding hydrogens is 1670 g/mol. The van der Waals surface area contributed by atoms with E-state index in [4.69, 9.17) is 39.2 Å². The Hall–Kier alpha value is -7.37. The van der Waals surface area contributed by atoms with Crippen LogP contribution < -0.4 is 33.6 Å². The Morgan fingerprint density at radius 3 is 1.53 bits per heavy atom. The van der Waals surface area contributed by atoms with E-state index >= 15 is 0 Å². The van der Waals surface area contributed by atoms with E-state index in [0.29, 0.717) is 52.2 Å². The van der Waals surface area contributed by atoms with Crippen molar-refractivity contribution < 1.29 is 33.2 Å². The van der Waals surface area contributed by atoms with Gasteiger partial charge in [0.15, 0.2) is 0 Å². The number of primary amides is 1. The van der Waals surface area contributed by atoms with E-state index < -0.39 is 11.2 Å². The Labute approximate surface area is 708 Å². The van der Waals surface area contributed by atoms with Crippen molar-refractivity contribution in [3.8, 4) is 0 Å². The maximum Gasteiger partial charge on any atom is 0.387 e. The van der Waals surface area contributed by atoms with Crippen molar-refractivity contribution in [1.82, 2.24) is 49.7 Å². The summed E-state index contributed by atoms with van der Waals surface area (Å²) in [4.78, 5) is 109. The van der Waals surface area contributed by atoms with E-state index in [1.807, 2.05) is 49.4 Å². The number of nitrogen functional groups attached to an aromatic ring is 1. The Morgan fingerprint density at radius 1 is 0.596 bits per heavy atom. The second-order valence-electron chi connectivity index (χ2n) is 27.1. The first kappa shape index (κ1) is 93.8. The summed E-state index contributed by atoms with van der Waals surface area (Å²) >= 11 is 28.0. The van der Waals surface area contributed by atoms with Gasteiger partial charge >= 0.3 is 23.7 Å². The molecule has 612 valence electrons. The van der Waals surface area contributed by atoms with Crippen LogP contribution in [-0.4, -0.2) is 146 Å². The lowest BCUT2D eigenvalue weighted by Gasteiger charge is -2.33. The summed E-state index contributed by atoms with van der Waals surface area (Å²) in [6.45, 7) is 10.4. The molecule has 0 saturated heterocycles. The zero-order chi connectivity index (χ0) is 81.6. The zero-order valence-electron chi connectivity index (χ0n) is 64.4. The third-order valence-electron chi connectivity index (χ3n) is 19.1. The summed E-state index contributed by atoms with van der Waals surface area (Å²) in [7, 11) is 8.68. The fourth-order valence-corrected chi connectivity index (χ4v) is 19.4. The highest BCUT2D eigenvalue weighted by atomic mass is 36.0. The number of Topliss-reactive ketones (excluding diaryl/α,β-unsaturated/α-hetero) is 1. The summed E-state index contributed by atoms with van der Waals surface area (Å²) in [5, 5.41) is 8.72. The van der Waals surface area contributed by atoms with Crippen LogP contribution in [0.2, 0.25) is 5.15 Å². The molecule has 3 fully saturated rings. The van der Waals surface area contributed by atoms with Gasteiger partial charge in [-0.2, -0.15) is 0 Å². The molecular formula is C79H97Cl5N15O9PS5. The minimum absolute atomic E-state index is 0. The fourth-order valence-electron chi connectivity index (χ4n) is 13.6. The second-order valence-corrected chi connectivity index (χ2v) is 39.5. The number of ketones is 1. The van der Waals surface area contributed by atoms with Crippen molar-refractivity contribution in [2.75, 3.05) is 59.0 Å². The molecule has 5 aliphatic rings. The lowest BCUT2D eigenvalue weighted by atomic mass is 9.90. The standard InChI is InChI=1S/C18H22N4S.C11H15NO2S.C10H5ClN2S.C10H10N2OS.C10H6N2OS.C8H18N2.C6H10O.C5H7NO2.CH3NO.Cl3OP.ClH/c1-22(2)13-9-7-12(8-10-13)21-17-16-14-5-3-4-6-15(14)23-18(16)20-11-19-17;1-2-14-11(13)9-7-5-3-4-6-8(7)15-10(9)12;11-9-8-6-3-1-2-4-7(6)14-10(8)13-5-12-9;2*13-9-8-6-3-1-2-4-7(6)14-10(8)12-5-11-9;1-10(2)8-5-3-7(9)4-6-8;7-6-4-2-1-3-5-6;1-3-8-5(7)4-6-2;2-1-3;1-5(2,3)4;/h3-6,11-13H,7-10H2,1-2H3,(H,19,20,21);2-6,12H2,1H3;1-5H;5H,1-4H2,(H,11,12,13);1-5H,(H,11,12,13);7-8H,3-6,9H2,1-2H3;1-5H2;3-4H2,1H3;1H,(H2,2,3);;1H. The van der Waals surface area contributed by atoms with E-state index in [1.54, 1.807) is 69.9 Å². The number of nitrogens with one attached hydrogen (secondary N) is 3. The van der Waals surface area contributed by atoms with Crippen molar-refractivity contribution >= 4 is 226 Å². The Bertz CT molecular complexity index is 5300. The molecule has 3 aromatic carbocycles. The summed E-state index contributed by atoms with van der Waals surface area (Å²) < 4.78 is 22.5. The predicted molar refractivity (Wildman–Crippen MR) is 477 cm³/mol. The fraction of sp³-hybridized carbons (Fsp3) is 0.430. The molecule has 0 atom stereocenters. The number of aromatic amines is 2. The second kappa shape index (κ2) is 47.7. The molecule has 12 aromatic rings. The molecule has 17 rings (SSSR count). The molecule has 24 nitrogen and oxygen atoms in total. The van der Waals surface area contributed by atoms with Crippen LogP contribution in [0.1, 0.15) is 154 Å². The third-order valence-corrected chi connectivity index (χ3v) is 24.9. The monoisotopic (exact) mass is 1770 g/mol. The molecule has 1 amide bonds. The molecule has 9 aromatic heterocycles. The average Bonchev–Trinajstić information content (AvgIpc) is 1.65. The lowest BCUT2D eigenvalue weighted by Crippen LogP contribution is -2.36. The van der Waals surface area contributed by atoms with Gasteiger partial charge in [-0.1, -0.05) is 72.6 Å². The minimum Gasteiger partial charge on any atom is -0.462 e. The largest absolute Gasteiger partial charge is 0.462 e. The topological polar surface area (TPSA) is 348 Å². The molecule has 3 saturated carbocycles. The number of aromatic nitrogens is 8. The van der Waals surface area contributed by atoms with Crippen molar-refractivity contribution in [2.45, 2.75) is 173 Å². The number of carbonyl (C=O) groups excluding carboxylic acids is 4. The van der Waals surface area contributed by atoms with Gasteiger partial charge in [-0.15, -0.1) is 69.1 Å². The maximum absolute atomic E-state index is 11.7. The van der Waals surface area contributed by atoms with E-state index in [2.05, 4.69) is 163 Å². The normalized spacial score (nSPS) is 16.6. The van der Waals surface area contributed by atoms with Gasteiger partial charge in [0.25, 0.3) is 11.1 Å². The van der Waals surface area contributed by atoms with E-state index in [9.17, 15) is 28.5 Å². The molecule has 0 aliphatic heterocycles. The van der Waals surface area contributed by atoms with Crippen LogP contribution in [0.25, 0.3) is 76.0 Å². The first-order valence-electron chi connectivity index (χ1n) is 37.4. The zero-order valence-corrected chi connectivity index (χ0v) is 73.3. The Morgan fingerprint density at radius 2 is 1.03 bits per heavy atom. The number of halogens is 5. The molecule has 9 N–H and O–H groups in total. The number of anilines is 2. The summed E-state index contributed by atoms with van der Waals surface area (Å²) in [5.74, 6) is 0.768. The number of nitrogens with zero attached hydrogens (tertiary/aromatic N) is 9. The number of thiophene rings is 5. The number of amides is 1. The number of hydrogen-bond donors (Lipinski definition) is 6. The van der Waals surface area contributed by atoms with Crippen LogP contribution >= 0.6 is 120 Å². The first-order valence-corrected chi connectivity index (χ1v) is 46.2. The maximum atomic E-state index is 11.7. The quantitative estimate of drug-likeness (QED) is 0.0270. The molecule has 5 aliphatic carbocycles. The highest BCUT2D eigenvalue weighted by molar-refractivity contribution is 8.24. The number of aryl methyl sites for hydroxylation is 3. The van der Waals surface area contributed by atoms with E-state index in [1.165, 1.54) is 132 Å². The number of fused-ring (bicyclic) bond motifs is 13. The van der Waals surface area contributed by atoms with Gasteiger partial charge in [-0.25, -0.2) is 46.1 Å². The van der Waals surface area contributed by atoms with Crippen LogP contribution in [0, 0.1) is 6.57 Å². The SMILES string of the molecule is CCOC(=O)c1c(N)sc2c1CCCC2.CN(C)C1CCC(N)CC1.CN(C)C1CCC(Nc2ncnc3sc4ccccc4c23)CC1.Cl.Clc1ncnc2sc3ccccc3c12.NC=O.O=C1CCCCC1.O=P(Cl)(Cl)Cl.O=c1[nH]cnc2sc3c(c12)CCCC3.O=c1[nH]cnc2sc3ccccc3c12.[C-]#[N+]CC(=O)OCC. The molecule has 0 spiro atoms. The number of H-pyrrole nitrogens is 2. The van der Waals surface area contributed by atoms with E-state index in [0.717, 1.165) is 127 Å². The summed E-state index contributed by atoms with van der Waals surface area (Å²) in [6.07, 6.45) is 30.5. The highest BCUT2D eigenvalue weighted by Gasteiger charge is 2.27. The molecule has 0 unspecified atom stereocenters. The van der Waals surface area contributed by atoms with Gasteiger partial charge < -0.3 is 56.6 Å². The summed E-state index contributed by atoms with van der Waals surface area (Å²) in [5.41, 5.74) is 18.8. The first-order chi connectivity index (χ1) is 54.4. The van der Waals surface area contributed by atoms with Crippen LogP contribution in [0.3, 0.4) is 0 Å². The number of hydrogen-bond acceptors (Lipinski definition) is 25. The molecule has 0 bridgehead atoms. The van der Waals surface area contributed by atoms with Crippen LogP contribution in [0.15, 0.2) is 108 Å². The van der Waals surface area contributed by atoms with Gasteiger partial charge in [-0.05, 0) is 221 Å². The number of carbonyl (C=O) groups is 4. The number of nitrogens with two attached hydrogens (primary N) is 3. The predicted octanol–water partition coefficient (Wildman–Crippen LogP) is 19.2. The van der Waals surface area contributed by atoms with Crippen molar-refractivity contribution in [2.24, 2.45) is 11.5 Å². The smallest absolute Gasteiger partial charge is 0.387 e. The van der Waals surface area contributed by atoms with Crippen molar-refractivity contribution in [3.05, 3.63) is 162 Å². The number of esters is 2. The van der Waals surface area contributed by atoms with Gasteiger partial charge in [0.1, 0.15) is 53.7 Å². The van der Waals surface area contributed by atoms with Gasteiger partial charge in [0, 0.05) is 77.0 Å². The molecule has 9 heterocycles. The van der Waals surface area contributed by atoms with Crippen LogP contribution in [-0.2, 0) is 54.1 Å². The third kappa shape index (κ3) is 27.9. The molecule has 0 radical (unpaired) electrons.